The second-order valence-corrected chi connectivity index (χ2v) is 9.97. The fourth-order valence-electron chi connectivity index (χ4n) is 5.40. The average Bonchev–Trinajstić information content (AvgIpc) is 3.05. The highest BCUT2D eigenvalue weighted by Gasteiger charge is 2.20. The zero-order valence-corrected chi connectivity index (χ0v) is 23.1. The zero-order valence-electron chi connectivity index (χ0n) is 23.1. The lowest BCUT2D eigenvalue weighted by Gasteiger charge is -2.20. The molecule has 0 aliphatic carbocycles. The van der Waals surface area contributed by atoms with Gasteiger partial charge >= 0.3 is 0 Å². The predicted molar refractivity (Wildman–Crippen MR) is 170 cm³/mol. The first-order chi connectivity index (χ1) is 20.8. The molecule has 0 heterocycles. The van der Waals surface area contributed by atoms with Crippen LogP contribution in [0.4, 0.5) is 0 Å². The third kappa shape index (κ3) is 5.39. The van der Waals surface area contributed by atoms with Crippen LogP contribution in [-0.4, -0.2) is 19.8 Å². The van der Waals surface area contributed by atoms with Crippen LogP contribution in [0, 0.1) is 17.9 Å². The van der Waals surface area contributed by atoms with Crippen molar-refractivity contribution in [3.05, 3.63) is 133 Å². The molecule has 0 aromatic heterocycles. The molecule has 0 atom stereocenters. The fraction of sp³-hybridized carbons (Fsp3) is 0.105. The van der Waals surface area contributed by atoms with E-state index in [1.807, 2.05) is 48.5 Å². The van der Waals surface area contributed by atoms with E-state index in [9.17, 15) is 5.26 Å². The Kier molecular flexibility index (Phi) is 7.80. The topological polar surface area (TPSA) is 46.6 Å². The molecule has 0 saturated heterocycles. The first kappa shape index (κ1) is 26.6. The zero-order chi connectivity index (χ0) is 28.7. The first-order valence-corrected chi connectivity index (χ1v) is 14.0. The molecule has 202 valence electrons. The number of hydrogen-bond donors (Lipinski definition) is 0. The summed E-state index contributed by atoms with van der Waals surface area (Å²) in [5.41, 5.74) is 6.40. The molecular formula is C38H28N2O2. The van der Waals surface area contributed by atoms with Gasteiger partial charge in [0.25, 0.3) is 0 Å². The van der Waals surface area contributed by atoms with Crippen LogP contribution in [0.15, 0.2) is 121 Å². The van der Waals surface area contributed by atoms with Gasteiger partial charge in [-0.25, -0.2) is 6.57 Å². The van der Waals surface area contributed by atoms with Gasteiger partial charge in [-0.15, -0.1) is 0 Å². The number of nitriles is 1. The van der Waals surface area contributed by atoms with E-state index in [2.05, 4.69) is 83.7 Å². The maximum Gasteiger partial charge on any atom is 0.248 e. The molecule has 0 N–H and O–H groups in total. The van der Waals surface area contributed by atoms with Gasteiger partial charge in [0.15, 0.2) is 6.61 Å². The lowest BCUT2D eigenvalue weighted by atomic mass is 9.90. The van der Waals surface area contributed by atoms with Crippen molar-refractivity contribution in [2.24, 2.45) is 0 Å². The Morgan fingerprint density at radius 2 is 1.07 bits per heavy atom. The minimum atomic E-state index is 0.270. The van der Waals surface area contributed by atoms with Crippen LogP contribution in [0.2, 0.25) is 0 Å². The summed E-state index contributed by atoms with van der Waals surface area (Å²) in [6, 6.07) is 43.9. The smallest absolute Gasteiger partial charge is 0.248 e. The largest absolute Gasteiger partial charge is 0.492 e. The molecule has 0 unspecified atom stereocenters. The Hall–Kier alpha value is -5.58. The highest BCUT2D eigenvalue weighted by molar-refractivity contribution is 6.11. The Balaban J connectivity index is 1.60. The summed E-state index contributed by atoms with van der Waals surface area (Å²) in [7, 11) is 0. The molecule has 6 rings (SSSR count). The normalized spacial score (nSPS) is 10.7. The minimum Gasteiger partial charge on any atom is -0.492 e. The summed E-state index contributed by atoms with van der Waals surface area (Å²) in [6.45, 7) is 8.09. The number of benzene rings is 6. The fourth-order valence-corrected chi connectivity index (χ4v) is 5.40. The molecule has 6 aromatic carbocycles. The van der Waals surface area contributed by atoms with E-state index in [0.717, 1.165) is 54.9 Å². The van der Waals surface area contributed by atoms with Gasteiger partial charge in [0, 0.05) is 11.1 Å². The van der Waals surface area contributed by atoms with Crippen LogP contribution in [0.5, 0.6) is 11.5 Å². The number of hydrogen-bond acceptors (Lipinski definition) is 3. The monoisotopic (exact) mass is 544 g/mol. The van der Waals surface area contributed by atoms with Crippen molar-refractivity contribution >= 4 is 21.5 Å². The van der Waals surface area contributed by atoms with Gasteiger partial charge in [0.05, 0.1) is 12.5 Å². The molecule has 0 amide bonds. The highest BCUT2D eigenvalue weighted by atomic mass is 16.5. The standard InChI is InChI=1S/C38H28N2O2/c1-40-22-24-42-36-20-16-32-26-30(28-11-6-3-7-12-28)14-18-34(32)38(36)37-33-17-13-29(27-9-4-2-5-10-27)25-31(33)15-19-35(37)41-23-8-21-39/h2-7,9-20,25-26H,8,22-24H2. The molecule has 0 spiro atoms. The van der Waals surface area contributed by atoms with E-state index in [4.69, 9.17) is 16.0 Å². The predicted octanol–water partition coefficient (Wildman–Crippen LogP) is 9.58. The van der Waals surface area contributed by atoms with E-state index in [-0.39, 0.29) is 26.2 Å². The summed E-state index contributed by atoms with van der Waals surface area (Å²) >= 11 is 0. The van der Waals surface area contributed by atoms with Gasteiger partial charge in [-0.1, -0.05) is 97.1 Å². The average molecular weight is 545 g/mol. The second-order valence-electron chi connectivity index (χ2n) is 9.97. The van der Waals surface area contributed by atoms with E-state index in [0.29, 0.717) is 11.5 Å². The summed E-state index contributed by atoms with van der Waals surface area (Å²) in [4.78, 5) is 3.49. The minimum absolute atomic E-state index is 0.270. The number of nitrogens with zero attached hydrogens (tertiary/aromatic N) is 2. The van der Waals surface area contributed by atoms with E-state index >= 15 is 0 Å². The van der Waals surface area contributed by atoms with E-state index in [1.54, 1.807) is 0 Å². The summed E-state index contributed by atoms with van der Waals surface area (Å²) in [5.74, 6) is 1.39. The van der Waals surface area contributed by atoms with Gasteiger partial charge in [0.1, 0.15) is 18.1 Å². The summed E-state index contributed by atoms with van der Waals surface area (Å²) in [6.07, 6.45) is 0.286. The first-order valence-electron chi connectivity index (χ1n) is 14.0. The van der Waals surface area contributed by atoms with Crippen LogP contribution in [-0.2, 0) is 0 Å². The van der Waals surface area contributed by atoms with Crippen molar-refractivity contribution < 1.29 is 9.47 Å². The molecule has 0 aliphatic heterocycles. The third-order valence-corrected chi connectivity index (χ3v) is 7.36. The molecule has 0 saturated carbocycles. The molecular weight excluding hydrogens is 516 g/mol. The van der Waals surface area contributed by atoms with Gasteiger partial charge < -0.3 is 14.3 Å². The Morgan fingerprint density at radius 3 is 1.55 bits per heavy atom. The highest BCUT2D eigenvalue weighted by Crippen LogP contribution is 2.46. The van der Waals surface area contributed by atoms with Crippen molar-refractivity contribution in [2.45, 2.75) is 6.42 Å². The van der Waals surface area contributed by atoms with E-state index in [1.165, 1.54) is 0 Å². The van der Waals surface area contributed by atoms with Gasteiger partial charge in [-0.05, 0) is 68.1 Å². The van der Waals surface area contributed by atoms with Crippen molar-refractivity contribution in [1.82, 2.24) is 0 Å². The second kappa shape index (κ2) is 12.3. The lowest BCUT2D eigenvalue weighted by Crippen LogP contribution is -2.03. The van der Waals surface area contributed by atoms with Gasteiger partial charge in [-0.2, -0.15) is 5.26 Å². The number of fused-ring (bicyclic) bond motifs is 2. The van der Waals surface area contributed by atoms with Crippen molar-refractivity contribution in [1.29, 1.82) is 5.26 Å². The lowest BCUT2D eigenvalue weighted by molar-refractivity contribution is 0.326. The quantitative estimate of drug-likeness (QED) is 0.134. The third-order valence-electron chi connectivity index (χ3n) is 7.36. The molecule has 0 radical (unpaired) electrons. The molecule has 4 heteroatoms. The van der Waals surface area contributed by atoms with Crippen molar-refractivity contribution in [3.8, 4) is 50.9 Å². The van der Waals surface area contributed by atoms with Crippen LogP contribution in [0.25, 0.3) is 59.8 Å². The SMILES string of the molecule is [C-]#[N+]CCOc1ccc2cc(-c3ccccc3)ccc2c1-c1c(OCCC#N)ccc2cc(-c3ccccc3)ccc12. The van der Waals surface area contributed by atoms with Crippen LogP contribution >= 0.6 is 0 Å². The molecule has 0 bridgehead atoms. The van der Waals surface area contributed by atoms with Crippen molar-refractivity contribution in [3.63, 3.8) is 0 Å². The van der Waals surface area contributed by atoms with Gasteiger partial charge in [0.2, 0.25) is 6.54 Å². The Morgan fingerprint density at radius 1 is 0.571 bits per heavy atom. The van der Waals surface area contributed by atoms with E-state index < -0.39 is 0 Å². The molecule has 4 nitrogen and oxygen atoms in total. The van der Waals surface area contributed by atoms with Crippen molar-refractivity contribution in [2.75, 3.05) is 19.8 Å². The molecule has 6 aromatic rings. The molecule has 0 aliphatic rings. The number of rotatable bonds is 9. The maximum atomic E-state index is 9.19. The number of ether oxygens (including phenoxy) is 2. The van der Waals surface area contributed by atoms with Crippen LogP contribution < -0.4 is 9.47 Å². The molecule has 0 fully saturated rings. The van der Waals surface area contributed by atoms with Crippen LogP contribution in [0.3, 0.4) is 0 Å². The maximum absolute atomic E-state index is 9.19. The summed E-state index contributed by atoms with van der Waals surface area (Å²) in [5, 5.41) is 13.4. The van der Waals surface area contributed by atoms with Gasteiger partial charge in [-0.3, -0.25) is 0 Å². The Labute approximate surface area is 245 Å². The summed E-state index contributed by atoms with van der Waals surface area (Å²) < 4.78 is 12.5. The Bertz CT molecular complexity index is 1810. The van der Waals surface area contributed by atoms with Crippen LogP contribution in [0.1, 0.15) is 6.42 Å². The molecule has 42 heavy (non-hydrogen) atoms.